The van der Waals surface area contributed by atoms with Crippen molar-refractivity contribution in [2.45, 2.75) is 19.4 Å². The zero-order valence-corrected chi connectivity index (χ0v) is 15.0. The summed E-state index contributed by atoms with van der Waals surface area (Å²) in [4.78, 5) is 33.5. The highest BCUT2D eigenvalue weighted by Crippen LogP contribution is 2.17. The van der Waals surface area contributed by atoms with Gasteiger partial charge in [-0.2, -0.15) is 4.98 Å². The van der Waals surface area contributed by atoms with E-state index in [9.17, 15) is 9.59 Å². The Labute approximate surface area is 152 Å². The lowest BCUT2D eigenvalue weighted by Crippen LogP contribution is -2.51. The van der Waals surface area contributed by atoms with Crippen LogP contribution in [0.3, 0.4) is 0 Å². The Hall–Kier alpha value is -2.74. The van der Waals surface area contributed by atoms with Crippen LogP contribution in [0.15, 0.2) is 34.9 Å². The van der Waals surface area contributed by atoms with E-state index in [2.05, 4.69) is 20.4 Å². The molecule has 0 saturated carbocycles. The highest BCUT2D eigenvalue weighted by atomic mass is 16.5. The van der Waals surface area contributed by atoms with E-state index >= 15 is 0 Å². The predicted octanol–water partition coefficient (Wildman–Crippen LogP) is 0.552. The van der Waals surface area contributed by atoms with Crippen LogP contribution in [-0.2, 0) is 16.0 Å². The fraction of sp³-hybridized carbons (Fsp3) is 0.444. The number of rotatable bonds is 5. The van der Waals surface area contributed by atoms with Gasteiger partial charge in [0, 0.05) is 33.1 Å². The standard InChI is InChI=1S/C18H23N5O3/c1-13-19-15(21-26-13)12-16(24)20-17(14-6-4-3-5-7-14)18(25)23-10-8-22(2)9-11-23/h3-7,17H,8-12H2,1-2H3,(H,20,24). The Bertz CT molecular complexity index is 753. The smallest absolute Gasteiger partial charge is 0.249 e. The van der Waals surface area contributed by atoms with Gasteiger partial charge < -0.3 is 19.6 Å². The number of carbonyl (C=O) groups is 2. The van der Waals surface area contributed by atoms with E-state index in [0.717, 1.165) is 18.7 Å². The Morgan fingerprint density at radius 1 is 1.19 bits per heavy atom. The van der Waals surface area contributed by atoms with Crippen molar-refractivity contribution in [1.29, 1.82) is 0 Å². The SMILES string of the molecule is Cc1nc(CC(=O)NC(C(=O)N2CCN(C)CC2)c2ccccc2)no1. The fourth-order valence-electron chi connectivity index (χ4n) is 2.91. The zero-order chi connectivity index (χ0) is 18.5. The molecule has 8 heteroatoms. The summed E-state index contributed by atoms with van der Waals surface area (Å²) in [5.74, 6) is 0.295. The van der Waals surface area contributed by atoms with Crippen LogP contribution in [0.2, 0.25) is 0 Å². The highest BCUT2D eigenvalue weighted by molar-refractivity contribution is 5.89. The van der Waals surface area contributed by atoms with Crippen molar-refractivity contribution in [3.63, 3.8) is 0 Å². The molecule has 1 unspecified atom stereocenters. The van der Waals surface area contributed by atoms with Gasteiger partial charge in [0.25, 0.3) is 0 Å². The van der Waals surface area contributed by atoms with Crippen LogP contribution in [0.1, 0.15) is 23.3 Å². The minimum Gasteiger partial charge on any atom is -0.340 e. The molecule has 2 aromatic rings. The number of amides is 2. The topological polar surface area (TPSA) is 91.6 Å². The third kappa shape index (κ3) is 4.45. The monoisotopic (exact) mass is 357 g/mol. The molecule has 0 radical (unpaired) electrons. The zero-order valence-electron chi connectivity index (χ0n) is 15.0. The number of carbonyl (C=O) groups excluding carboxylic acids is 2. The lowest BCUT2D eigenvalue weighted by molar-refractivity contribution is -0.138. The van der Waals surface area contributed by atoms with E-state index in [1.165, 1.54) is 0 Å². The van der Waals surface area contributed by atoms with Crippen molar-refractivity contribution in [1.82, 2.24) is 25.3 Å². The molecule has 138 valence electrons. The lowest BCUT2D eigenvalue weighted by Gasteiger charge is -2.34. The maximum atomic E-state index is 13.0. The van der Waals surface area contributed by atoms with E-state index in [1.807, 2.05) is 37.4 Å². The Morgan fingerprint density at radius 3 is 2.50 bits per heavy atom. The van der Waals surface area contributed by atoms with Crippen LogP contribution < -0.4 is 5.32 Å². The van der Waals surface area contributed by atoms with Crippen molar-refractivity contribution >= 4 is 11.8 Å². The average Bonchev–Trinajstić information content (AvgIpc) is 3.05. The number of aryl methyl sites for hydroxylation is 1. The molecule has 2 heterocycles. The molecule has 3 rings (SSSR count). The van der Waals surface area contributed by atoms with E-state index < -0.39 is 6.04 Å². The summed E-state index contributed by atoms with van der Waals surface area (Å²) in [5, 5.41) is 6.56. The first-order chi connectivity index (χ1) is 12.5. The van der Waals surface area contributed by atoms with Crippen molar-refractivity contribution < 1.29 is 14.1 Å². The number of aromatic nitrogens is 2. The van der Waals surface area contributed by atoms with Gasteiger partial charge in [-0.1, -0.05) is 35.5 Å². The molecule has 8 nitrogen and oxygen atoms in total. The Balaban J connectivity index is 1.73. The maximum Gasteiger partial charge on any atom is 0.249 e. The van der Waals surface area contributed by atoms with E-state index in [0.29, 0.717) is 24.8 Å². The Kier molecular flexibility index (Phi) is 5.62. The molecular weight excluding hydrogens is 334 g/mol. The van der Waals surface area contributed by atoms with Gasteiger partial charge in [-0.15, -0.1) is 0 Å². The molecule has 1 atom stereocenters. The molecule has 1 fully saturated rings. The number of likely N-dealkylation sites (N-methyl/N-ethyl adjacent to an activating group) is 1. The molecule has 1 aromatic carbocycles. The quantitative estimate of drug-likeness (QED) is 0.840. The van der Waals surface area contributed by atoms with Gasteiger partial charge in [0.1, 0.15) is 6.04 Å². The first-order valence-electron chi connectivity index (χ1n) is 8.64. The number of benzene rings is 1. The molecule has 1 aromatic heterocycles. The van der Waals surface area contributed by atoms with Gasteiger partial charge in [-0.3, -0.25) is 9.59 Å². The van der Waals surface area contributed by atoms with Crippen LogP contribution >= 0.6 is 0 Å². The van der Waals surface area contributed by atoms with Crippen LogP contribution in [0.4, 0.5) is 0 Å². The Morgan fingerprint density at radius 2 is 1.88 bits per heavy atom. The summed E-state index contributed by atoms with van der Waals surface area (Å²) < 4.78 is 4.89. The first kappa shape index (κ1) is 18.1. The summed E-state index contributed by atoms with van der Waals surface area (Å²) in [5.41, 5.74) is 0.758. The van der Waals surface area contributed by atoms with Crippen LogP contribution in [-0.4, -0.2) is 65.0 Å². The molecule has 26 heavy (non-hydrogen) atoms. The minimum atomic E-state index is -0.722. The van der Waals surface area contributed by atoms with Gasteiger partial charge in [0.15, 0.2) is 5.82 Å². The van der Waals surface area contributed by atoms with Gasteiger partial charge in [0.05, 0.1) is 6.42 Å². The molecular formula is C18H23N5O3. The highest BCUT2D eigenvalue weighted by Gasteiger charge is 2.29. The second kappa shape index (κ2) is 8.09. The van der Waals surface area contributed by atoms with Crippen molar-refractivity contribution in [3.8, 4) is 0 Å². The first-order valence-corrected chi connectivity index (χ1v) is 8.64. The summed E-state index contributed by atoms with van der Waals surface area (Å²) in [6, 6.07) is 8.56. The van der Waals surface area contributed by atoms with Gasteiger partial charge in [-0.25, -0.2) is 0 Å². The van der Waals surface area contributed by atoms with Crippen molar-refractivity contribution in [2.24, 2.45) is 0 Å². The van der Waals surface area contributed by atoms with Gasteiger partial charge in [-0.05, 0) is 12.6 Å². The van der Waals surface area contributed by atoms with Crippen molar-refractivity contribution in [3.05, 3.63) is 47.6 Å². The minimum absolute atomic E-state index is 0.0311. The fourth-order valence-corrected chi connectivity index (χ4v) is 2.91. The maximum absolute atomic E-state index is 13.0. The largest absolute Gasteiger partial charge is 0.340 e. The number of piperazine rings is 1. The summed E-state index contributed by atoms with van der Waals surface area (Å²) in [7, 11) is 2.03. The lowest BCUT2D eigenvalue weighted by atomic mass is 10.0. The molecule has 1 aliphatic rings. The number of nitrogens with one attached hydrogen (secondary N) is 1. The van der Waals surface area contributed by atoms with Crippen LogP contribution in [0.25, 0.3) is 0 Å². The summed E-state index contributed by atoms with van der Waals surface area (Å²) in [6.07, 6.45) is -0.0311. The summed E-state index contributed by atoms with van der Waals surface area (Å²) in [6.45, 7) is 4.61. The molecule has 0 aliphatic carbocycles. The van der Waals surface area contributed by atoms with E-state index in [4.69, 9.17) is 4.52 Å². The number of hydrogen-bond donors (Lipinski definition) is 1. The molecule has 0 spiro atoms. The second-order valence-electron chi connectivity index (χ2n) is 6.45. The molecule has 1 N–H and O–H groups in total. The third-order valence-electron chi connectivity index (χ3n) is 4.39. The third-order valence-corrected chi connectivity index (χ3v) is 4.39. The molecule has 1 saturated heterocycles. The normalized spacial score (nSPS) is 16.3. The average molecular weight is 357 g/mol. The van der Waals surface area contributed by atoms with Crippen LogP contribution in [0.5, 0.6) is 0 Å². The second-order valence-corrected chi connectivity index (χ2v) is 6.45. The van der Waals surface area contributed by atoms with Gasteiger partial charge >= 0.3 is 0 Å². The van der Waals surface area contributed by atoms with E-state index in [1.54, 1.807) is 11.8 Å². The number of nitrogens with zero attached hydrogens (tertiary/aromatic N) is 4. The van der Waals surface area contributed by atoms with Gasteiger partial charge in [0.2, 0.25) is 17.7 Å². The molecule has 0 bridgehead atoms. The molecule has 2 amide bonds. The summed E-state index contributed by atoms with van der Waals surface area (Å²) >= 11 is 0. The number of hydrogen-bond acceptors (Lipinski definition) is 6. The van der Waals surface area contributed by atoms with E-state index in [-0.39, 0.29) is 18.2 Å². The molecule has 1 aliphatic heterocycles. The van der Waals surface area contributed by atoms with Crippen LogP contribution in [0, 0.1) is 6.92 Å². The predicted molar refractivity (Wildman–Crippen MR) is 94.1 cm³/mol. The van der Waals surface area contributed by atoms with Crippen molar-refractivity contribution in [2.75, 3.05) is 33.2 Å².